The summed E-state index contributed by atoms with van der Waals surface area (Å²) >= 11 is 0. The molecule has 1 heterocycles. The lowest BCUT2D eigenvalue weighted by Crippen LogP contribution is -2.28. The molecule has 1 aromatic heterocycles. The number of rotatable bonds is 3. The highest BCUT2D eigenvalue weighted by Crippen LogP contribution is 2.16. The Morgan fingerprint density at radius 3 is 2.63 bits per heavy atom. The van der Waals surface area contributed by atoms with Crippen LogP contribution >= 0.6 is 0 Å². The van der Waals surface area contributed by atoms with E-state index in [9.17, 15) is 9.18 Å². The molecule has 2 N–H and O–H groups in total. The topological polar surface area (TPSA) is 59.2 Å². The smallest absolute Gasteiger partial charge is 0.276 e. The molecule has 4 nitrogen and oxygen atoms in total. The molecule has 0 saturated heterocycles. The van der Waals surface area contributed by atoms with Crippen LogP contribution in [0.4, 0.5) is 10.1 Å². The van der Waals surface area contributed by atoms with Gasteiger partial charge < -0.3 is 10.6 Å². The van der Waals surface area contributed by atoms with Gasteiger partial charge in [-0.1, -0.05) is 6.07 Å². The molecule has 0 aliphatic rings. The second kappa shape index (κ2) is 5.58. The number of hydrogen-bond donors (Lipinski definition) is 1. The van der Waals surface area contributed by atoms with Crippen LogP contribution in [-0.4, -0.2) is 17.9 Å². The number of hydrogen-bond acceptors (Lipinski definition) is 3. The minimum absolute atomic E-state index is 0.242. The van der Waals surface area contributed by atoms with Gasteiger partial charge in [0.2, 0.25) is 0 Å². The van der Waals surface area contributed by atoms with Crippen molar-refractivity contribution in [3.63, 3.8) is 0 Å². The Labute approximate surface area is 110 Å². The molecule has 0 saturated carbocycles. The van der Waals surface area contributed by atoms with Crippen LogP contribution in [0.25, 0.3) is 0 Å². The SMILES string of the molecule is CN(C(=O)c1ncccc1CN)c1ccc(F)cc1. The summed E-state index contributed by atoms with van der Waals surface area (Å²) in [5, 5.41) is 0. The Morgan fingerprint density at radius 1 is 1.32 bits per heavy atom. The molecule has 98 valence electrons. The van der Waals surface area contributed by atoms with Gasteiger partial charge in [-0.2, -0.15) is 0 Å². The molecule has 0 bridgehead atoms. The highest BCUT2D eigenvalue weighted by Gasteiger charge is 2.17. The average Bonchev–Trinajstić information content (AvgIpc) is 2.46. The van der Waals surface area contributed by atoms with Crippen LogP contribution in [0.1, 0.15) is 16.1 Å². The molecule has 2 aromatic rings. The molecule has 0 aliphatic carbocycles. The van der Waals surface area contributed by atoms with Gasteiger partial charge >= 0.3 is 0 Å². The summed E-state index contributed by atoms with van der Waals surface area (Å²) in [6.45, 7) is 0.242. The summed E-state index contributed by atoms with van der Waals surface area (Å²) in [7, 11) is 1.62. The number of nitrogens with two attached hydrogens (primary N) is 1. The number of aromatic nitrogens is 1. The van der Waals surface area contributed by atoms with E-state index in [-0.39, 0.29) is 18.3 Å². The van der Waals surface area contributed by atoms with Crippen LogP contribution in [0, 0.1) is 5.82 Å². The number of halogens is 1. The Hall–Kier alpha value is -2.27. The van der Waals surface area contributed by atoms with Crippen molar-refractivity contribution in [3.05, 3.63) is 59.7 Å². The molecular weight excluding hydrogens is 245 g/mol. The number of nitrogens with zero attached hydrogens (tertiary/aromatic N) is 2. The lowest BCUT2D eigenvalue weighted by Gasteiger charge is -2.18. The third-order valence-electron chi connectivity index (χ3n) is 2.83. The molecular formula is C14H14FN3O. The molecule has 1 aromatic carbocycles. The summed E-state index contributed by atoms with van der Waals surface area (Å²) in [6.07, 6.45) is 1.55. The predicted molar refractivity (Wildman–Crippen MR) is 71.3 cm³/mol. The molecule has 19 heavy (non-hydrogen) atoms. The van der Waals surface area contributed by atoms with Crippen molar-refractivity contribution in [1.82, 2.24) is 4.98 Å². The van der Waals surface area contributed by atoms with Gasteiger partial charge in [-0.25, -0.2) is 4.39 Å². The van der Waals surface area contributed by atoms with Crippen molar-refractivity contribution >= 4 is 11.6 Å². The molecule has 5 heteroatoms. The van der Waals surface area contributed by atoms with E-state index in [2.05, 4.69) is 4.98 Å². The van der Waals surface area contributed by atoms with Gasteiger partial charge in [-0.3, -0.25) is 9.78 Å². The largest absolute Gasteiger partial charge is 0.326 e. The van der Waals surface area contributed by atoms with Gasteiger partial charge in [-0.15, -0.1) is 0 Å². The van der Waals surface area contributed by atoms with Gasteiger partial charge in [0.15, 0.2) is 0 Å². The number of pyridine rings is 1. The van der Waals surface area contributed by atoms with Gasteiger partial charge in [0.25, 0.3) is 5.91 Å². The average molecular weight is 259 g/mol. The maximum atomic E-state index is 12.9. The van der Waals surface area contributed by atoms with Crippen LogP contribution in [0.15, 0.2) is 42.6 Å². The Morgan fingerprint density at radius 2 is 2.00 bits per heavy atom. The van der Waals surface area contributed by atoms with E-state index in [1.165, 1.54) is 29.2 Å². The summed E-state index contributed by atoms with van der Waals surface area (Å²) in [4.78, 5) is 17.8. The van der Waals surface area contributed by atoms with Crippen LogP contribution in [-0.2, 0) is 6.54 Å². The maximum Gasteiger partial charge on any atom is 0.276 e. The molecule has 0 atom stereocenters. The quantitative estimate of drug-likeness (QED) is 0.916. The molecule has 0 radical (unpaired) electrons. The van der Waals surface area contributed by atoms with Gasteiger partial charge in [-0.05, 0) is 35.9 Å². The first kappa shape index (κ1) is 13.2. The number of anilines is 1. The van der Waals surface area contributed by atoms with Crippen LogP contribution in [0.3, 0.4) is 0 Å². The number of carbonyl (C=O) groups excluding carboxylic acids is 1. The van der Waals surface area contributed by atoms with Crippen molar-refractivity contribution in [3.8, 4) is 0 Å². The lowest BCUT2D eigenvalue weighted by molar-refractivity contribution is 0.0987. The number of benzene rings is 1. The molecule has 0 spiro atoms. The normalized spacial score (nSPS) is 10.3. The summed E-state index contributed by atoms with van der Waals surface area (Å²) < 4.78 is 12.9. The minimum Gasteiger partial charge on any atom is -0.326 e. The minimum atomic E-state index is -0.343. The van der Waals surface area contributed by atoms with Crippen molar-refractivity contribution in [2.75, 3.05) is 11.9 Å². The van der Waals surface area contributed by atoms with E-state index in [0.717, 1.165) is 0 Å². The van der Waals surface area contributed by atoms with Crippen LogP contribution < -0.4 is 10.6 Å². The fourth-order valence-electron chi connectivity index (χ4n) is 1.74. The maximum absolute atomic E-state index is 12.9. The summed E-state index contributed by atoms with van der Waals surface area (Å²) in [6, 6.07) is 9.19. The van der Waals surface area contributed by atoms with Crippen LogP contribution in [0.5, 0.6) is 0 Å². The third kappa shape index (κ3) is 2.77. The fourth-order valence-corrected chi connectivity index (χ4v) is 1.74. The lowest BCUT2D eigenvalue weighted by atomic mass is 10.1. The van der Waals surface area contributed by atoms with Crippen LogP contribution in [0.2, 0.25) is 0 Å². The van der Waals surface area contributed by atoms with E-state index < -0.39 is 0 Å². The van der Waals surface area contributed by atoms with E-state index in [1.54, 1.807) is 25.4 Å². The van der Waals surface area contributed by atoms with E-state index in [4.69, 9.17) is 5.73 Å². The third-order valence-corrected chi connectivity index (χ3v) is 2.83. The summed E-state index contributed by atoms with van der Waals surface area (Å²) in [5.41, 5.74) is 7.18. The number of amides is 1. The van der Waals surface area contributed by atoms with E-state index in [0.29, 0.717) is 16.9 Å². The Bertz CT molecular complexity index is 583. The number of carbonyl (C=O) groups is 1. The molecule has 0 unspecified atom stereocenters. The Balaban J connectivity index is 2.30. The zero-order chi connectivity index (χ0) is 13.8. The molecule has 0 fully saturated rings. The second-order valence-electron chi connectivity index (χ2n) is 4.06. The van der Waals surface area contributed by atoms with Crippen molar-refractivity contribution < 1.29 is 9.18 Å². The second-order valence-corrected chi connectivity index (χ2v) is 4.06. The Kier molecular flexibility index (Phi) is 3.87. The zero-order valence-corrected chi connectivity index (χ0v) is 10.5. The van der Waals surface area contributed by atoms with Gasteiger partial charge in [0.05, 0.1) is 0 Å². The molecule has 0 aliphatic heterocycles. The molecule has 2 rings (SSSR count). The standard InChI is InChI=1S/C14H14FN3O/c1-18(12-6-4-11(15)5-7-12)14(19)13-10(9-16)3-2-8-17-13/h2-8H,9,16H2,1H3. The predicted octanol–water partition coefficient (Wildman–Crippen LogP) is 1.96. The van der Waals surface area contributed by atoms with Crippen molar-refractivity contribution in [1.29, 1.82) is 0 Å². The first-order valence-electron chi connectivity index (χ1n) is 5.81. The van der Waals surface area contributed by atoms with Crippen molar-refractivity contribution in [2.24, 2.45) is 5.73 Å². The van der Waals surface area contributed by atoms with E-state index in [1.807, 2.05) is 0 Å². The monoisotopic (exact) mass is 259 g/mol. The fraction of sp³-hybridized carbons (Fsp3) is 0.143. The first-order chi connectivity index (χ1) is 9.13. The highest BCUT2D eigenvalue weighted by molar-refractivity contribution is 6.05. The molecule has 1 amide bonds. The highest BCUT2D eigenvalue weighted by atomic mass is 19.1. The zero-order valence-electron chi connectivity index (χ0n) is 10.5. The van der Waals surface area contributed by atoms with Gasteiger partial charge in [0.1, 0.15) is 11.5 Å². The van der Waals surface area contributed by atoms with E-state index >= 15 is 0 Å². The van der Waals surface area contributed by atoms with Gasteiger partial charge in [0, 0.05) is 25.5 Å². The summed E-state index contributed by atoms with van der Waals surface area (Å²) in [5.74, 6) is -0.613. The first-order valence-corrected chi connectivity index (χ1v) is 5.81. The van der Waals surface area contributed by atoms with Crippen molar-refractivity contribution in [2.45, 2.75) is 6.54 Å².